The fourth-order valence-corrected chi connectivity index (χ4v) is 3.86. The number of ether oxygens (including phenoxy) is 2. The Morgan fingerprint density at radius 1 is 1.09 bits per heavy atom. The van der Waals surface area contributed by atoms with E-state index in [2.05, 4.69) is 20.8 Å². The zero-order valence-corrected chi connectivity index (χ0v) is 18.6. The van der Waals surface area contributed by atoms with E-state index in [1.165, 1.54) is 0 Å². The van der Waals surface area contributed by atoms with Crippen LogP contribution < -0.4 is 15.4 Å². The molecule has 0 bridgehead atoms. The third-order valence-electron chi connectivity index (χ3n) is 4.76. The van der Waals surface area contributed by atoms with Gasteiger partial charge in [0, 0.05) is 29.4 Å². The molecule has 0 unspecified atom stereocenters. The fraction of sp³-hybridized carbons (Fsp3) is 0.273. The van der Waals surface area contributed by atoms with E-state index in [0.29, 0.717) is 33.6 Å². The predicted molar refractivity (Wildman–Crippen MR) is 121 cm³/mol. The van der Waals surface area contributed by atoms with Crippen LogP contribution in [0.15, 0.2) is 48.5 Å². The Labute approximate surface area is 193 Å². The van der Waals surface area contributed by atoms with Crippen LogP contribution in [0.25, 0.3) is 0 Å². The highest BCUT2D eigenvalue weighted by molar-refractivity contribution is 7.13. The van der Waals surface area contributed by atoms with Crippen molar-refractivity contribution in [3.05, 3.63) is 69.1 Å². The van der Waals surface area contributed by atoms with Crippen LogP contribution in [-0.2, 0) is 11.3 Å². The standard InChI is InChI=1S/C22H21ClN4O4S/c23-15-5-9-17(10-6-15)31-13-19-26-27-22(32-19)21(29)25-16-7-3-14(4-8-16)20(28)24-12-18-2-1-11-30-18/h3-10,18H,1-2,11-13H2,(H,24,28)(H,25,29)/t18-/m1/s1. The molecule has 2 aromatic carbocycles. The molecule has 2 amide bonds. The average molecular weight is 473 g/mol. The number of carbonyl (C=O) groups is 2. The van der Waals surface area contributed by atoms with Gasteiger partial charge in [0.05, 0.1) is 6.10 Å². The number of nitrogens with zero attached hydrogens (tertiary/aromatic N) is 2. The normalized spacial score (nSPS) is 15.3. The molecule has 1 aromatic heterocycles. The number of aromatic nitrogens is 2. The van der Waals surface area contributed by atoms with Crippen LogP contribution in [0.3, 0.4) is 0 Å². The summed E-state index contributed by atoms with van der Waals surface area (Å²) in [6.07, 6.45) is 2.08. The van der Waals surface area contributed by atoms with Gasteiger partial charge in [-0.1, -0.05) is 22.9 Å². The zero-order valence-electron chi connectivity index (χ0n) is 17.0. The van der Waals surface area contributed by atoms with Crippen molar-refractivity contribution in [2.24, 2.45) is 0 Å². The summed E-state index contributed by atoms with van der Waals surface area (Å²) in [6, 6.07) is 13.6. The molecule has 1 aliphatic heterocycles. The number of hydrogen-bond acceptors (Lipinski definition) is 7. The predicted octanol–water partition coefficient (Wildman–Crippen LogP) is 3.93. The molecule has 0 radical (unpaired) electrons. The molecule has 0 saturated carbocycles. The van der Waals surface area contributed by atoms with E-state index in [-0.39, 0.29) is 29.5 Å². The Balaban J connectivity index is 1.27. The molecular formula is C22H21ClN4O4S. The second-order valence-corrected chi connectivity index (χ2v) is 8.62. The number of halogens is 1. The summed E-state index contributed by atoms with van der Waals surface area (Å²) in [7, 11) is 0. The lowest BCUT2D eigenvalue weighted by Crippen LogP contribution is -2.31. The van der Waals surface area contributed by atoms with Crippen LogP contribution in [0.4, 0.5) is 5.69 Å². The molecule has 2 N–H and O–H groups in total. The van der Waals surface area contributed by atoms with E-state index in [1.807, 2.05) is 0 Å². The number of amides is 2. The van der Waals surface area contributed by atoms with Gasteiger partial charge in [-0.15, -0.1) is 10.2 Å². The number of hydrogen-bond donors (Lipinski definition) is 2. The maximum atomic E-state index is 12.5. The summed E-state index contributed by atoms with van der Waals surface area (Å²) >= 11 is 7.00. The second-order valence-electron chi connectivity index (χ2n) is 7.12. The Kier molecular flexibility index (Phi) is 7.31. The van der Waals surface area contributed by atoms with E-state index in [4.69, 9.17) is 21.1 Å². The van der Waals surface area contributed by atoms with Crippen molar-refractivity contribution in [3.8, 4) is 5.75 Å². The third kappa shape index (κ3) is 6.03. The molecule has 1 atom stereocenters. The summed E-state index contributed by atoms with van der Waals surface area (Å²) < 4.78 is 11.1. The topological polar surface area (TPSA) is 102 Å². The van der Waals surface area contributed by atoms with Gasteiger partial charge in [0.15, 0.2) is 5.01 Å². The van der Waals surface area contributed by atoms with Crippen LogP contribution in [0, 0.1) is 0 Å². The third-order valence-corrected chi connectivity index (χ3v) is 5.90. The van der Waals surface area contributed by atoms with Gasteiger partial charge in [-0.3, -0.25) is 9.59 Å². The smallest absolute Gasteiger partial charge is 0.286 e. The van der Waals surface area contributed by atoms with Gasteiger partial charge in [0.2, 0.25) is 5.01 Å². The molecule has 3 aromatic rings. The monoisotopic (exact) mass is 472 g/mol. The van der Waals surface area contributed by atoms with E-state index in [9.17, 15) is 9.59 Å². The Morgan fingerprint density at radius 2 is 1.88 bits per heavy atom. The van der Waals surface area contributed by atoms with Crippen LogP contribution in [-0.4, -0.2) is 41.3 Å². The fourth-order valence-electron chi connectivity index (χ4n) is 3.08. The number of anilines is 1. The zero-order chi connectivity index (χ0) is 22.3. The summed E-state index contributed by atoms with van der Waals surface area (Å²) in [5.74, 6) is 0.0964. The van der Waals surface area contributed by atoms with Crippen molar-refractivity contribution in [1.29, 1.82) is 0 Å². The lowest BCUT2D eigenvalue weighted by atomic mass is 10.2. The number of rotatable bonds is 8. The highest BCUT2D eigenvalue weighted by Crippen LogP contribution is 2.19. The van der Waals surface area contributed by atoms with Gasteiger partial charge in [-0.05, 0) is 61.4 Å². The molecule has 4 rings (SSSR count). The molecule has 0 spiro atoms. The van der Waals surface area contributed by atoms with Gasteiger partial charge >= 0.3 is 0 Å². The first-order valence-electron chi connectivity index (χ1n) is 10.1. The molecule has 8 nitrogen and oxygen atoms in total. The summed E-state index contributed by atoms with van der Waals surface area (Å²) in [6.45, 7) is 1.45. The van der Waals surface area contributed by atoms with Gasteiger partial charge in [-0.25, -0.2) is 0 Å². The minimum Gasteiger partial charge on any atom is -0.486 e. The number of nitrogens with one attached hydrogen (secondary N) is 2. The van der Waals surface area contributed by atoms with Crippen molar-refractivity contribution in [1.82, 2.24) is 15.5 Å². The first kappa shape index (κ1) is 22.2. The quantitative estimate of drug-likeness (QED) is 0.515. The summed E-state index contributed by atoms with van der Waals surface area (Å²) in [5.41, 5.74) is 1.07. The lowest BCUT2D eigenvalue weighted by Gasteiger charge is -2.11. The summed E-state index contributed by atoms with van der Waals surface area (Å²) in [4.78, 5) is 24.7. The molecule has 166 valence electrons. The van der Waals surface area contributed by atoms with E-state index >= 15 is 0 Å². The summed E-state index contributed by atoms with van der Waals surface area (Å²) in [5, 5.41) is 15.0. The molecule has 1 saturated heterocycles. The van der Waals surface area contributed by atoms with Gasteiger partial charge in [-0.2, -0.15) is 0 Å². The van der Waals surface area contributed by atoms with Crippen LogP contribution >= 0.6 is 22.9 Å². The molecule has 10 heteroatoms. The Morgan fingerprint density at radius 3 is 2.59 bits per heavy atom. The average Bonchev–Trinajstić information content (AvgIpc) is 3.50. The molecule has 32 heavy (non-hydrogen) atoms. The minimum atomic E-state index is -0.379. The van der Waals surface area contributed by atoms with Crippen molar-refractivity contribution in [2.75, 3.05) is 18.5 Å². The van der Waals surface area contributed by atoms with E-state index < -0.39 is 0 Å². The molecule has 1 aliphatic rings. The first-order valence-corrected chi connectivity index (χ1v) is 11.3. The van der Waals surface area contributed by atoms with Gasteiger partial charge in [0.1, 0.15) is 12.4 Å². The minimum absolute atomic E-state index is 0.0888. The maximum Gasteiger partial charge on any atom is 0.286 e. The molecule has 1 fully saturated rings. The van der Waals surface area contributed by atoms with Gasteiger partial charge < -0.3 is 20.1 Å². The lowest BCUT2D eigenvalue weighted by molar-refractivity contribution is 0.0857. The molecule has 2 heterocycles. The Bertz CT molecular complexity index is 1070. The largest absolute Gasteiger partial charge is 0.486 e. The van der Waals surface area contributed by atoms with E-state index in [1.54, 1.807) is 48.5 Å². The van der Waals surface area contributed by atoms with Gasteiger partial charge in [0.25, 0.3) is 11.8 Å². The highest BCUT2D eigenvalue weighted by Gasteiger charge is 2.17. The SMILES string of the molecule is O=C(NC[C@H]1CCCO1)c1ccc(NC(=O)c2nnc(COc3ccc(Cl)cc3)s2)cc1. The number of carbonyl (C=O) groups excluding carboxylic acids is 2. The van der Waals surface area contributed by atoms with E-state index in [0.717, 1.165) is 30.8 Å². The van der Waals surface area contributed by atoms with Crippen LogP contribution in [0.1, 0.15) is 38.0 Å². The molecular weight excluding hydrogens is 452 g/mol. The van der Waals surface area contributed by atoms with Crippen molar-refractivity contribution >= 4 is 40.4 Å². The van der Waals surface area contributed by atoms with Crippen molar-refractivity contribution in [3.63, 3.8) is 0 Å². The van der Waals surface area contributed by atoms with Crippen molar-refractivity contribution in [2.45, 2.75) is 25.6 Å². The van der Waals surface area contributed by atoms with Crippen LogP contribution in [0.5, 0.6) is 5.75 Å². The second kappa shape index (κ2) is 10.5. The van der Waals surface area contributed by atoms with Crippen LogP contribution in [0.2, 0.25) is 5.02 Å². The van der Waals surface area contributed by atoms with Crippen molar-refractivity contribution < 1.29 is 19.1 Å². The highest BCUT2D eigenvalue weighted by atomic mass is 35.5. The molecule has 0 aliphatic carbocycles. The Hall–Kier alpha value is -3.01. The first-order chi connectivity index (χ1) is 15.6. The maximum absolute atomic E-state index is 12.5. The number of benzene rings is 2.